The van der Waals surface area contributed by atoms with E-state index in [1.54, 1.807) is 13.2 Å². The summed E-state index contributed by atoms with van der Waals surface area (Å²) in [4.78, 5) is 14.5. The summed E-state index contributed by atoms with van der Waals surface area (Å²) in [6.07, 6.45) is 5.52. The van der Waals surface area contributed by atoms with Gasteiger partial charge in [-0.2, -0.15) is 0 Å². The number of hydrogen-bond donors (Lipinski definition) is 1. The summed E-state index contributed by atoms with van der Waals surface area (Å²) >= 11 is 0. The van der Waals surface area contributed by atoms with Crippen molar-refractivity contribution in [3.05, 3.63) is 35.9 Å². The van der Waals surface area contributed by atoms with Crippen molar-refractivity contribution >= 4 is 11.5 Å². The maximum atomic E-state index is 12.6. The highest BCUT2D eigenvalue weighted by atomic mass is 16.5. The summed E-state index contributed by atoms with van der Waals surface area (Å²) in [7, 11) is 1.64. The van der Waals surface area contributed by atoms with Crippen molar-refractivity contribution in [1.82, 2.24) is 4.90 Å². The molecule has 22 heavy (non-hydrogen) atoms. The summed E-state index contributed by atoms with van der Waals surface area (Å²) in [5.41, 5.74) is 1.92. The van der Waals surface area contributed by atoms with E-state index in [0.29, 0.717) is 6.42 Å². The Morgan fingerprint density at radius 2 is 2.27 bits per heavy atom. The molecule has 2 rings (SSSR count). The Bertz CT molecular complexity index is 537. The Morgan fingerprint density at radius 3 is 3.00 bits per heavy atom. The second-order valence-corrected chi connectivity index (χ2v) is 5.75. The lowest BCUT2D eigenvalue weighted by atomic mass is 9.99. The van der Waals surface area contributed by atoms with Crippen molar-refractivity contribution in [3.63, 3.8) is 0 Å². The SMILES string of the molecule is COc1cccc(/C(C)=C/C(=O)N2CCCCC2CCO)c1. The number of allylic oxidation sites excluding steroid dienone is 1. The molecule has 1 atom stereocenters. The van der Waals surface area contributed by atoms with Crippen LogP contribution in [0.5, 0.6) is 5.75 Å². The molecule has 0 radical (unpaired) electrons. The lowest BCUT2D eigenvalue weighted by Crippen LogP contribution is -2.43. The van der Waals surface area contributed by atoms with Gasteiger partial charge in [0, 0.05) is 25.3 Å². The predicted molar refractivity (Wildman–Crippen MR) is 87.7 cm³/mol. The predicted octanol–water partition coefficient (Wildman–Crippen LogP) is 2.86. The van der Waals surface area contributed by atoms with Crippen LogP contribution in [-0.2, 0) is 4.79 Å². The van der Waals surface area contributed by atoms with Crippen LogP contribution in [0.4, 0.5) is 0 Å². The van der Waals surface area contributed by atoms with Crippen LogP contribution < -0.4 is 4.74 Å². The number of nitrogens with zero attached hydrogens (tertiary/aromatic N) is 1. The first kappa shape index (κ1) is 16.6. The van der Waals surface area contributed by atoms with Crippen molar-refractivity contribution in [2.75, 3.05) is 20.3 Å². The molecule has 1 saturated heterocycles. The number of hydrogen-bond acceptors (Lipinski definition) is 3. The summed E-state index contributed by atoms with van der Waals surface area (Å²) in [6, 6.07) is 7.89. The molecule has 0 aliphatic carbocycles. The lowest BCUT2D eigenvalue weighted by Gasteiger charge is -2.35. The van der Waals surface area contributed by atoms with Gasteiger partial charge in [0.1, 0.15) is 5.75 Å². The Balaban J connectivity index is 2.13. The number of carbonyl (C=O) groups excluding carboxylic acids is 1. The number of methoxy groups -OCH3 is 1. The topological polar surface area (TPSA) is 49.8 Å². The molecular formula is C18H25NO3. The molecule has 1 aromatic carbocycles. The molecule has 0 saturated carbocycles. The Labute approximate surface area is 132 Å². The van der Waals surface area contributed by atoms with E-state index in [1.165, 1.54) is 0 Å². The lowest BCUT2D eigenvalue weighted by molar-refractivity contribution is -0.129. The zero-order valence-corrected chi connectivity index (χ0v) is 13.4. The number of benzene rings is 1. The number of aliphatic hydroxyl groups is 1. The van der Waals surface area contributed by atoms with Gasteiger partial charge in [0.05, 0.1) is 7.11 Å². The quantitative estimate of drug-likeness (QED) is 0.851. The first-order valence-electron chi connectivity index (χ1n) is 7.90. The smallest absolute Gasteiger partial charge is 0.247 e. The molecule has 1 fully saturated rings. The van der Waals surface area contributed by atoms with E-state index in [4.69, 9.17) is 9.84 Å². The van der Waals surface area contributed by atoms with E-state index in [0.717, 1.165) is 42.7 Å². The number of carbonyl (C=O) groups is 1. The van der Waals surface area contributed by atoms with Crippen molar-refractivity contribution in [3.8, 4) is 5.75 Å². The fourth-order valence-electron chi connectivity index (χ4n) is 2.96. The minimum Gasteiger partial charge on any atom is -0.497 e. The van der Waals surface area contributed by atoms with E-state index >= 15 is 0 Å². The van der Waals surface area contributed by atoms with Gasteiger partial charge in [0.25, 0.3) is 0 Å². The third-order valence-electron chi connectivity index (χ3n) is 4.24. The molecule has 1 unspecified atom stereocenters. The number of aliphatic hydroxyl groups excluding tert-OH is 1. The maximum absolute atomic E-state index is 12.6. The summed E-state index contributed by atoms with van der Waals surface area (Å²) in [5.74, 6) is 0.826. The molecule has 1 aliphatic rings. The molecule has 0 bridgehead atoms. The Hall–Kier alpha value is -1.81. The summed E-state index contributed by atoms with van der Waals surface area (Å²) in [5, 5.41) is 9.17. The minimum atomic E-state index is 0.0402. The zero-order chi connectivity index (χ0) is 15.9. The summed E-state index contributed by atoms with van der Waals surface area (Å²) < 4.78 is 5.22. The molecular weight excluding hydrogens is 278 g/mol. The fourth-order valence-corrected chi connectivity index (χ4v) is 2.96. The fraction of sp³-hybridized carbons (Fsp3) is 0.500. The van der Waals surface area contributed by atoms with Gasteiger partial charge in [-0.25, -0.2) is 0 Å². The first-order chi connectivity index (χ1) is 10.7. The van der Waals surface area contributed by atoms with E-state index < -0.39 is 0 Å². The number of piperidine rings is 1. The van der Waals surface area contributed by atoms with Gasteiger partial charge in [-0.15, -0.1) is 0 Å². The third kappa shape index (κ3) is 4.10. The third-order valence-corrected chi connectivity index (χ3v) is 4.24. The second-order valence-electron chi connectivity index (χ2n) is 5.75. The van der Waals surface area contributed by atoms with E-state index in [2.05, 4.69) is 0 Å². The Kier molecular flexibility index (Phi) is 6.01. The highest BCUT2D eigenvalue weighted by Crippen LogP contribution is 2.23. The van der Waals surface area contributed by atoms with Gasteiger partial charge in [0.2, 0.25) is 5.91 Å². The van der Waals surface area contributed by atoms with Crippen molar-refractivity contribution in [1.29, 1.82) is 0 Å². The average Bonchev–Trinajstić information content (AvgIpc) is 2.55. The highest BCUT2D eigenvalue weighted by Gasteiger charge is 2.25. The van der Waals surface area contributed by atoms with Crippen LogP contribution >= 0.6 is 0 Å². The molecule has 4 nitrogen and oxygen atoms in total. The van der Waals surface area contributed by atoms with Crippen LogP contribution in [0.3, 0.4) is 0 Å². The van der Waals surface area contributed by atoms with Gasteiger partial charge < -0.3 is 14.7 Å². The molecule has 0 aromatic heterocycles. The Morgan fingerprint density at radius 1 is 1.45 bits per heavy atom. The van der Waals surface area contributed by atoms with Crippen molar-refractivity contribution in [2.45, 2.75) is 38.6 Å². The molecule has 1 N–H and O–H groups in total. The highest BCUT2D eigenvalue weighted by molar-refractivity contribution is 5.95. The molecule has 1 aromatic rings. The molecule has 1 aliphatic heterocycles. The average molecular weight is 303 g/mol. The number of amides is 1. The molecule has 0 spiro atoms. The monoisotopic (exact) mass is 303 g/mol. The van der Waals surface area contributed by atoms with E-state index in [-0.39, 0.29) is 18.6 Å². The zero-order valence-electron chi connectivity index (χ0n) is 13.4. The van der Waals surface area contributed by atoms with Crippen LogP contribution in [0.15, 0.2) is 30.3 Å². The largest absolute Gasteiger partial charge is 0.497 e. The van der Waals surface area contributed by atoms with Gasteiger partial charge in [0.15, 0.2) is 0 Å². The maximum Gasteiger partial charge on any atom is 0.247 e. The number of ether oxygens (including phenoxy) is 1. The summed E-state index contributed by atoms with van der Waals surface area (Å²) in [6.45, 7) is 2.86. The van der Waals surface area contributed by atoms with Crippen LogP contribution in [0.1, 0.15) is 38.2 Å². The molecule has 1 amide bonds. The van der Waals surface area contributed by atoms with Crippen LogP contribution in [-0.4, -0.2) is 42.2 Å². The van der Waals surface area contributed by atoms with E-state index in [1.807, 2.05) is 36.1 Å². The van der Waals surface area contributed by atoms with Crippen LogP contribution in [0.2, 0.25) is 0 Å². The van der Waals surface area contributed by atoms with Crippen molar-refractivity contribution < 1.29 is 14.6 Å². The number of rotatable bonds is 5. The normalized spacial score (nSPS) is 19.1. The number of likely N-dealkylation sites (tertiary alicyclic amines) is 1. The molecule has 1 heterocycles. The first-order valence-corrected chi connectivity index (χ1v) is 7.90. The van der Waals surface area contributed by atoms with Gasteiger partial charge >= 0.3 is 0 Å². The van der Waals surface area contributed by atoms with Gasteiger partial charge in [-0.05, 0) is 55.9 Å². The van der Waals surface area contributed by atoms with Gasteiger partial charge in [-0.1, -0.05) is 12.1 Å². The second kappa shape index (κ2) is 7.99. The minimum absolute atomic E-state index is 0.0402. The van der Waals surface area contributed by atoms with Crippen LogP contribution in [0.25, 0.3) is 5.57 Å². The van der Waals surface area contributed by atoms with Gasteiger partial charge in [-0.3, -0.25) is 4.79 Å². The molecule has 4 heteroatoms. The van der Waals surface area contributed by atoms with E-state index in [9.17, 15) is 4.79 Å². The van der Waals surface area contributed by atoms with Crippen molar-refractivity contribution in [2.24, 2.45) is 0 Å². The van der Waals surface area contributed by atoms with Crippen LogP contribution in [0, 0.1) is 0 Å². The standard InChI is InChI=1S/C18H25NO3/c1-14(15-6-5-8-17(13-15)22-2)12-18(21)19-10-4-3-7-16(19)9-11-20/h5-6,8,12-13,16,20H,3-4,7,9-11H2,1-2H3/b14-12+. The molecule has 120 valence electrons.